The Bertz CT molecular complexity index is 183. The summed E-state index contributed by atoms with van der Waals surface area (Å²) in [4.78, 5) is 0. The fourth-order valence-corrected chi connectivity index (χ4v) is 2.31. The summed E-state index contributed by atoms with van der Waals surface area (Å²) in [6.45, 7) is 21.5. The van der Waals surface area contributed by atoms with Crippen LogP contribution in [-0.2, 0) is 0 Å². The molecular formula is C15H32. The van der Waals surface area contributed by atoms with Crippen molar-refractivity contribution in [2.75, 3.05) is 0 Å². The van der Waals surface area contributed by atoms with Crippen LogP contribution in [-0.4, -0.2) is 0 Å². The Balaban J connectivity index is 4.83. The second-order valence-corrected chi connectivity index (χ2v) is 7.25. The van der Waals surface area contributed by atoms with E-state index in [9.17, 15) is 0 Å². The second kappa shape index (κ2) is 4.89. The molecule has 0 aromatic heterocycles. The zero-order valence-corrected chi connectivity index (χ0v) is 12.4. The third kappa shape index (κ3) is 3.50. The monoisotopic (exact) mass is 212 g/mol. The van der Waals surface area contributed by atoms with Crippen LogP contribution in [0.1, 0.15) is 68.7 Å². The molecule has 2 unspecified atom stereocenters. The number of rotatable bonds is 4. The van der Waals surface area contributed by atoms with Gasteiger partial charge >= 0.3 is 0 Å². The molecular weight excluding hydrogens is 180 g/mol. The fourth-order valence-electron chi connectivity index (χ4n) is 2.31. The summed E-state index contributed by atoms with van der Waals surface area (Å²) in [5.41, 5.74) is 0.834. The van der Waals surface area contributed by atoms with Gasteiger partial charge in [-0.1, -0.05) is 62.3 Å². The molecule has 0 heterocycles. The van der Waals surface area contributed by atoms with E-state index in [0.29, 0.717) is 10.8 Å². The molecule has 0 bridgehead atoms. The highest BCUT2D eigenvalue weighted by Gasteiger charge is 2.41. The predicted octanol–water partition coefficient (Wildman–Crippen LogP) is 5.38. The molecule has 0 spiro atoms. The predicted molar refractivity (Wildman–Crippen MR) is 71.0 cm³/mol. The van der Waals surface area contributed by atoms with Crippen molar-refractivity contribution in [3.05, 3.63) is 0 Å². The van der Waals surface area contributed by atoms with Gasteiger partial charge in [-0.3, -0.25) is 0 Å². The lowest BCUT2D eigenvalue weighted by Gasteiger charge is -2.47. The maximum atomic E-state index is 2.47. The van der Waals surface area contributed by atoms with Gasteiger partial charge in [-0.05, 0) is 35.0 Å². The second-order valence-electron chi connectivity index (χ2n) is 7.25. The van der Waals surface area contributed by atoms with Crippen LogP contribution in [0.3, 0.4) is 0 Å². The minimum absolute atomic E-state index is 0.393. The van der Waals surface area contributed by atoms with Crippen LogP contribution in [0.15, 0.2) is 0 Å². The largest absolute Gasteiger partial charge is 0.0625 e. The Morgan fingerprint density at radius 1 is 0.800 bits per heavy atom. The van der Waals surface area contributed by atoms with Gasteiger partial charge < -0.3 is 0 Å². The average Bonchev–Trinajstić information content (AvgIpc) is 2.01. The van der Waals surface area contributed by atoms with Crippen molar-refractivity contribution in [1.29, 1.82) is 0 Å². The summed E-state index contributed by atoms with van der Waals surface area (Å²) >= 11 is 0. The Morgan fingerprint density at radius 2 is 1.20 bits per heavy atom. The Kier molecular flexibility index (Phi) is 4.89. The normalized spacial score (nSPS) is 19.4. The van der Waals surface area contributed by atoms with Gasteiger partial charge in [0, 0.05) is 0 Å². The minimum Gasteiger partial charge on any atom is -0.0625 e. The molecule has 0 radical (unpaired) electrons. The minimum atomic E-state index is 0.393. The summed E-state index contributed by atoms with van der Waals surface area (Å²) in [5.74, 6) is 2.36. The Labute approximate surface area is 97.8 Å². The first-order chi connectivity index (χ1) is 6.52. The highest BCUT2D eigenvalue weighted by molar-refractivity contribution is 4.90. The molecule has 92 valence electrons. The molecule has 0 aromatic rings. The quantitative estimate of drug-likeness (QED) is 0.587. The zero-order chi connectivity index (χ0) is 12.4. The van der Waals surface area contributed by atoms with Crippen molar-refractivity contribution in [2.45, 2.75) is 68.7 Å². The lowest BCUT2D eigenvalue weighted by molar-refractivity contribution is 0.0187. The number of hydrogen-bond donors (Lipinski definition) is 0. The maximum absolute atomic E-state index is 2.47. The molecule has 0 N–H and O–H groups in total. The first kappa shape index (κ1) is 15.0. The molecule has 0 nitrogen and oxygen atoms in total. The lowest BCUT2D eigenvalue weighted by atomic mass is 9.58. The molecule has 0 heteroatoms. The van der Waals surface area contributed by atoms with Crippen molar-refractivity contribution in [2.24, 2.45) is 28.6 Å². The van der Waals surface area contributed by atoms with E-state index in [2.05, 4.69) is 62.3 Å². The fraction of sp³-hybridized carbons (Fsp3) is 1.00. The average molecular weight is 212 g/mol. The Hall–Kier alpha value is 0. The van der Waals surface area contributed by atoms with Crippen molar-refractivity contribution in [3.63, 3.8) is 0 Å². The van der Waals surface area contributed by atoms with Crippen LogP contribution in [0.25, 0.3) is 0 Å². The van der Waals surface area contributed by atoms with Gasteiger partial charge in [-0.15, -0.1) is 0 Å². The van der Waals surface area contributed by atoms with Crippen LogP contribution in [0.4, 0.5) is 0 Å². The van der Waals surface area contributed by atoms with E-state index >= 15 is 0 Å². The van der Waals surface area contributed by atoms with Crippen molar-refractivity contribution < 1.29 is 0 Å². The molecule has 0 aliphatic carbocycles. The highest BCUT2D eigenvalue weighted by Crippen LogP contribution is 2.49. The summed E-state index contributed by atoms with van der Waals surface area (Å²) < 4.78 is 0. The van der Waals surface area contributed by atoms with Crippen LogP contribution in [0.5, 0.6) is 0 Å². The molecule has 15 heavy (non-hydrogen) atoms. The summed E-state index contributed by atoms with van der Waals surface area (Å²) in [5, 5.41) is 0. The van der Waals surface area contributed by atoms with Gasteiger partial charge in [0.05, 0.1) is 0 Å². The van der Waals surface area contributed by atoms with E-state index in [1.807, 2.05) is 0 Å². The smallest absolute Gasteiger partial charge is 0.0252 e. The molecule has 0 aliphatic heterocycles. The maximum Gasteiger partial charge on any atom is -0.0252 e. The molecule has 2 atom stereocenters. The van der Waals surface area contributed by atoms with Crippen molar-refractivity contribution in [1.82, 2.24) is 0 Å². The van der Waals surface area contributed by atoms with Gasteiger partial charge in [0.1, 0.15) is 0 Å². The van der Waals surface area contributed by atoms with Gasteiger partial charge in [-0.2, -0.15) is 0 Å². The molecule has 0 fully saturated rings. The van der Waals surface area contributed by atoms with Crippen molar-refractivity contribution in [3.8, 4) is 0 Å². The third-order valence-electron chi connectivity index (χ3n) is 4.87. The first-order valence-electron chi connectivity index (χ1n) is 6.52. The number of hydrogen-bond acceptors (Lipinski definition) is 0. The summed E-state index contributed by atoms with van der Waals surface area (Å²) in [6, 6.07) is 0. The van der Waals surface area contributed by atoms with Gasteiger partial charge in [0.25, 0.3) is 0 Å². The molecule has 0 aliphatic rings. The molecule has 0 amide bonds. The molecule has 0 saturated heterocycles. The first-order valence-corrected chi connectivity index (χ1v) is 6.52. The van der Waals surface area contributed by atoms with E-state index in [0.717, 1.165) is 17.8 Å². The van der Waals surface area contributed by atoms with E-state index in [4.69, 9.17) is 0 Å². The summed E-state index contributed by atoms with van der Waals surface area (Å²) in [6.07, 6.45) is 1.34. The van der Waals surface area contributed by atoms with E-state index in [1.165, 1.54) is 6.42 Å². The molecule has 0 rings (SSSR count). The van der Waals surface area contributed by atoms with E-state index in [1.54, 1.807) is 0 Å². The Morgan fingerprint density at radius 3 is 1.40 bits per heavy atom. The van der Waals surface area contributed by atoms with Crippen LogP contribution < -0.4 is 0 Å². The van der Waals surface area contributed by atoms with Crippen LogP contribution in [0, 0.1) is 28.6 Å². The topological polar surface area (TPSA) is 0 Å². The lowest BCUT2D eigenvalue weighted by Crippen LogP contribution is -2.39. The SMILES string of the molecule is CC(C)C(C)CC(C)(C(C)C)C(C)(C)C. The zero-order valence-electron chi connectivity index (χ0n) is 12.4. The van der Waals surface area contributed by atoms with E-state index in [-0.39, 0.29) is 0 Å². The standard InChI is InChI=1S/C15H32/c1-11(2)13(5)10-15(9,12(3)4)14(6,7)8/h11-13H,10H2,1-9H3. The molecule has 0 aromatic carbocycles. The van der Waals surface area contributed by atoms with Gasteiger partial charge in [0.15, 0.2) is 0 Å². The van der Waals surface area contributed by atoms with Crippen molar-refractivity contribution >= 4 is 0 Å². The highest BCUT2D eigenvalue weighted by atomic mass is 14.5. The third-order valence-corrected chi connectivity index (χ3v) is 4.87. The van der Waals surface area contributed by atoms with Crippen LogP contribution >= 0.6 is 0 Å². The molecule has 0 saturated carbocycles. The van der Waals surface area contributed by atoms with E-state index < -0.39 is 0 Å². The van der Waals surface area contributed by atoms with Gasteiger partial charge in [0.2, 0.25) is 0 Å². The van der Waals surface area contributed by atoms with Gasteiger partial charge in [-0.25, -0.2) is 0 Å². The van der Waals surface area contributed by atoms with Crippen LogP contribution in [0.2, 0.25) is 0 Å². The summed E-state index contributed by atoms with van der Waals surface area (Å²) in [7, 11) is 0.